The first-order valence-corrected chi connectivity index (χ1v) is 6.82. The molecule has 22 heavy (non-hydrogen) atoms. The smallest absolute Gasteiger partial charge is 0.251 e. The van der Waals surface area contributed by atoms with Crippen molar-refractivity contribution in [2.24, 2.45) is 0 Å². The molecule has 0 fully saturated rings. The minimum Gasteiger partial charge on any atom is -0.355 e. The number of carbonyl (C=O) groups is 2. The van der Waals surface area contributed by atoms with E-state index < -0.39 is 0 Å². The molecule has 2 rings (SSSR count). The van der Waals surface area contributed by atoms with Crippen LogP contribution in [0.1, 0.15) is 21.6 Å². The van der Waals surface area contributed by atoms with Crippen LogP contribution in [-0.2, 0) is 4.79 Å². The van der Waals surface area contributed by atoms with Gasteiger partial charge in [0.2, 0.25) is 5.91 Å². The van der Waals surface area contributed by atoms with Crippen molar-refractivity contribution in [3.8, 4) is 0 Å². The number of benzene rings is 1. The van der Waals surface area contributed by atoms with E-state index in [1.807, 2.05) is 6.92 Å². The number of anilines is 1. The molecule has 0 atom stereocenters. The normalized spacial score (nSPS) is 10.5. The summed E-state index contributed by atoms with van der Waals surface area (Å²) in [6.45, 7) is 1.86. The molecule has 0 aliphatic heterocycles. The molecular formula is C17H17N3O2. The molecule has 5 nitrogen and oxygen atoms in total. The largest absolute Gasteiger partial charge is 0.355 e. The number of rotatable bonds is 4. The number of hydrogen-bond acceptors (Lipinski definition) is 3. The summed E-state index contributed by atoms with van der Waals surface area (Å²) in [7, 11) is 1.58. The van der Waals surface area contributed by atoms with Gasteiger partial charge < -0.3 is 10.6 Å². The zero-order valence-corrected chi connectivity index (χ0v) is 12.5. The van der Waals surface area contributed by atoms with E-state index in [0.29, 0.717) is 11.3 Å². The Morgan fingerprint density at radius 1 is 1.14 bits per heavy atom. The van der Waals surface area contributed by atoms with E-state index >= 15 is 0 Å². The highest BCUT2D eigenvalue weighted by Gasteiger charge is 2.02. The van der Waals surface area contributed by atoms with Gasteiger partial charge in [-0.1, -0.05) is 12.1 Å². The van der Waals surface area contributed by atoms with Gasteiger partial charge in [-0.2, -0.15) is 0 Å². The maximum Gasteiger partial charge on any atom is 0.251 e. The van der Waals surface area contributed by atoms with E-state index in [1.54, 1.807) is 55.7 Å². The topological polar surface area (TPSA) is 71.1 Å². The number of aryl methyl sites for hydroxylation is 1. The van der Waals surface area contributed by atoms with Crippen molar-refractivity contribution in [3.63, 3.8) is 0 Å². The average molecular weight is 295 g/mol. The van der Waals surface area contributed by atoms with Crippen LogP contribution in [0.3, 0.4) is 0 Å². The molecule has 1 heterocycles. The van der Waals surface area contributed by atoms with Crippen LogP contribution in [0.2, 0.25) is 0 Å². The van der Waals surface area contributed by atoms with Crippen molar-refractivity contribution in [2.75, 3.05) is 12.4 Å². The Balaban J connectivity index is 1.99. The highest BCUT2D eigenvalue weighted by molar-refractivity contribution is 6.02. The van der Waals surface area contributed by atoms with Crippen LogP contribution in [0.25, 0.3) is 6.08 Å². The lowest BCUT2D eigenvalue weighted by molar-refractivity contribution is -0.111. The molecular weight excluding hydrogens is 278 g/mol. The summed E-state index contributed by atoms with van der Waals surface area (Å²) in [5.41, 5.74) is 2.97. The summed E-state index contributed by atoms with van der Waals surface area (Å²) in [4.78, 5) is 27.3. The summed E-state index contributed by atoms with van der Waals surface area (Å²) in [5, 5.41) is 5.32. The number of amides is 2. The molecule has 0 saturated heterocycles. The van der Waals surface area contributed by atoms with Gasteiger partial charge in [-0.05, 0) is 42.8 Å². The van der Waals surface area contributed by atoms with Crippen LogP contribution in [0.5, 0.6) is 0 Å². The van der Waals surface area contributed by atoms with Crippen LogP contribution in [0.15, 0.2) is 48.7 Å². The molecule has 2 aromatic rings. The van der Waals surface area contributed by atoms with Crippen molar-refractivity contribution < 1.29 is 9.59 Å². The summed E-state index contributed by atoms with van der Waals surface area (Å²) in [5.74, 6) is -0.359. The van der Waals surface area contributed by atoms with Crippen molar-refractivity contribution in [3.05, 3.63) is 65.5 Å². The van der Waals surface area contributed by atoms with Gasteiger partial charge in [-0.25, -0.2) is 0 Å². The first-order valence-electron chi connectivity index (χ1n) is 6.82. The van der Waals surface area contributed by atoms with Crippen LogP contribution in [-0.4, -0.2) is 23.8 Å². The quantitative estimate of drug-likeness (QED) is 0.851. The molecule has 0 bridgehead atoms. The van der Waals surface area contributed by atoms with Crippen LogP contribution in [0, 0.1) is 6.92 Å². The summed E-state index contributed by atoms with van der Waals surface area (Å²) in [6, 6.07) is 10.5. The lowest BCUT2D eigenvalue weighted by Crippen LogP contribution is -2.17. The van der Waals surface area contributed by atoms with Gasteiger partial charge in [0.05, 0.1) is 0 Å². The summed E-state index contributed by atoms with van der Waals surface area (Å²) in [6.07, 6.45) is 4.79. The second-order valence-corrected chi connectivity index (χ2v) is 4.71. The lowest BCUT2D eigenvalue weighted by atomic mass is 10.1. The van der Waals surface area contributed by atoms with Crippen LogP contribution >= 0.6 is 0 Å². The minimum absolute atomic E-state index is 0.138. The monoisotopic (exact) mass is 295 g/mol. The lowest BCUT2D eigenvalue weighted by Gasteiger charge is -2.02. The molecule has 0 spiro atoms. The molecule has 5 heteroatoms. The standard InChI is InChI=1S/C17H17N3O2/c1-12-11-15(9-10-19-12)20-16(21)8-5-13-3-6-14(7-4-13)17(22)18-2/h3-11H,1-2H3,(H,18,22)(H,19,20,21)/b8-5+. The third-order valence-corrected chi connectivity index (χ3v) is 2.99. The molecule has 0 saturated carbocycles. The van der Waals surface area contributed by atoms with Crippen molar-refractivity contribution in [1.82, 2.24) is 10.3 Å². The number of aromatic nitrogens is 1. The Morgan fingerprint density at radius 3 is 2.50 bits per heavy atom. The van der Waals surface area contributed by atoms with Crippen molar-refractivity contribution in [2.45, 2.75) is 6.92 Å². The highest BCUT2D eigenvalue weighted by atomic mass is 16.2. The average Bonchev–Trinajstić information content (AvgIpc) is 2.52. The molecule has 1 aromatic carbocycles. The zero-order chi connectivity index (χ0) is 15.9. The van der Waals surface area contributed by atoms with Gasteiger partial charge in [0.1, 0.15) is 0 Å². The van der Waals surface area contributed by atoms with Gasteiger partial charge in [0, 0.05) is 36.3 Å². The van der Waals surface area contributed by atoms with Crippen molar-refractivity contribution >= 4 is 23.6 Å². The Morgan fingerprint density at radius 2 is 1.86 bits per heavy atom. The zero-order valence-electron chi connectivity index (χ0n) is 12.5. The molecule has 2 amide bonds. The maximum atomic E-state index is 11.8. The predicted molar refractivity (Wildman–Crippen MR) is 86.5 cm³/mol. The van der Waals surface area contributed by atoms with Gasteiger partial charge >= 0.3 is 0 Å². The summed E-state index contributed by atoms with van der Waals surface area (Å²) >= 11 is 0. The predicted octanol–water partition coefficient (Wildman–Crippen LogP) is 2.40. The fourth-order valence-corrected chi connectivity index (χ4v) is 1.87. The molecule has 1 aromatic heterocycles. The van der Waals surface area contributed by atoms with E-state index in [1.165, 1.54) is 6.08 Å². The number of pyridine rings is 1. The Hall–Kier alpha value is -2.95. The fourth-order valence-electron chi connectivity index (χ4n) is 1.87. The van der Waals surface area contributed by atoms with E-state index in [9.17, 15) is 9.59 Å². The second-order valence-electron chi connectivity index (χ2n) is 4.71. The second kappa shape index (κ2) is 7.17. The van der Waals surface area contributed by atoms with Gasteiger partial charge in [0.15, 0.2) is 0 Å². The Kier molecular flexibility index (Phi) is 5.03. The SMILES string of the molecule is CNC(=O)c1ccc(/C=C/C(=O)Nc2ccnc(C)c2)cc1. The van der Waals surface area contributed by atoms with Crippen LogP contribution < -0.4 is 10.6 Å². The molecule has 0 radical (unpaired) electrons. The third kappa shape index (κ3) is 4.28. The van der Waals surface area contributed by atoms with Gasteiger partial charge in [-0.3, -0.25) is 14.6 Å². The Labute approximate surface area is 129 Å². The van der Waals surface area contributed by atoms with Gasteiger partial charge in [-0.15, -0.1) is 0 Å². The van der Waals surface area contributed by atoms with E-state index in [4.69, 9.17) is 0 Å². The highest BCUT2D eigenvalue weighted by Crippen LogP contribution is 2.09. The molecule has 0 aliphatic rings. The first kappa shape index (κ1) is 15.4. The maximum absolute atomic E-state index is 11.8. The molecule has 112 valence electrons. The Bertz CT molecular complexity index is 706. The third-order valence-electron chi connectivity index (χ3n) is 2.99. The number of carbonyl (C=O) groups excluding carboxylic acids is 2. The van der Waals surface area contributed by atoms with Crippen molar-refractivity contribution in [1.29, 1.82) is 0 Å². The molecule has 0 unspecified atom stereocenters. The van der Waals surface area contributed by atoms with Gasteiger partial charge in [0.25, 0.3) is 5.91 Å². The van der Waals surface area contributed by atoms with Crippen LogP contribution in [0.4, 0.5) is 5.69 Å². The summed E-state index contributed by atoms with van der Waals surface area (Å²) < 4.78 is 0. The fraction of sp³-hybridized carbons (Fsp3) is 0.118. The molecule has 0 aliphatic carbocycles. The van der Waals surface area contributed by atoms with E-state index in [0.717, 1.165) is 11.3 Å². The van der Waals surface area contributed by atoms with E-state index in [2.05, 4.69) is 15.6 Å². The minimum atomic E-state index is -0.221. The first-order chi connectivity index (χ1) is 10.6. The number of nitrogens with zero attached hydrogens (tertiary/aromatic N) is 1. The molecule has 2 N–H and O–H groups in total. The number of nitrogens with one attached hydrogen (secondary N) is 2. The number of hydrogen-bond donors (Lipinski definition) is 2. The van der Waals surface area contributed by atoms with E-state index in [-0.39, 0.29) is 11.8 Å².